The Labute approximate surface area is 102 Å². The summed E-state index contributed by atoms with van der Waals surface area (Å²) in [6.07, 6.45) is 1.94. The largest absolute Gasteiger partial charge is 0.497 e. The molecule has 0 amide bonds. The molecule has 0 saturated carbocycles. The Morgan fingerprint density at radius 2 is 2.00 bits per heavy atom. The Kier molecular flexibility index (Phi) is 3.47. The van der Waals surface area contributed by atoms with Crippen molar-refractivity contribution < 1.29 is 4.74 Å². The van der Waals surface area contributed by atoms with Crippen molar-refractivity contribution in [2.75, 3.05) is 7.11 Å². The zero-order valence-corrected chi connectivity index (χ0v) is 10.6. The minimum atomic E-state index is 0.859. The van der Waals surface area contributed by atoms with Gasteiger partial charge in [0.05, 0.1) is 18.5 Å². The molecule has 0 bridgehead atoms. The van der Waals surface area contributed by atoms with Crippen molar-refractivity contribution in [3.63, 3.8) is 0 Å². The number of methoxy groups -OCH3 is 1. The van der Waals surface area contributed by atoms with Crippen molar-refractivity contribution >= 4 is 0 Å². The molecule has 0 spiro atoms. The lowest BCUT2D eigenvalue weighted by molar-refractivity contribution is 0.414. The van der Waals surface area contributed by atoms with Crippen LogP contribution in [0.1, 0.15) is 25.2 Å². The fourth-order valence-electron chi connectivity index (χ4n) is 1.87. The van der Waals surface area contributed by atoms with E-state index in [1.807, 2.05) is 28.9 Å². The highest BCUT2D eigenvalue weighted by Crippen LogP contribution is 2.18. The van der Waals surface area contributed by atoms with Crippen LogP contribution >= 0.6 is 0 Å². The van der Waals surface area contributed by atoms with E-state index in [-0.39, 0.29) is 0 Å². The third-order valence-corrected chi connectivity index (χ3v) is 2.86. The molecular weight excluding hydrogens is 212 g/mol. The van der Waals surface area contributed by atoms with Gasteiger partial charge in [0.1, 0.15) is 5.75 Å². The molecule has 0 unspecified atom stereocenters. The summed E-state index contributed by atoms with van der Waals surface area (Å²) >= 11 is 0. The average Bonchev–Trinajstić information content (AvgIpc) is 2.82. The van der Waals surface area contributed by atoms with Crippen LogP contribution in [0.15, 0.2) is 30.3 Å². The van der Waals surface area contributed by atoms with E-state index in [1.54, 1.807) is 7.11 Å². The highest BCUT2D eigenvalue weighted by atomic mass is 16.5. The van der Waals surface area contributed by atoms with E-state index in [0.717, 1.165) is 30.0 Å². The Morgan fingerprint density at radius 3 is 2.65 bits per heavy atom. The van der Waals surface area contributed by atoms with Crippen LogP contribution in [0.25, 0.3) is 5.69 Å². The van der Waals surface area contributed by atoms with Crippen molar-refractivity contribution in [1.82, 2.24) is 9.78 Å². The number of nitrogens with zero attached hydrogens (tertiary/aromatic N) is 2. The van der Waals surface area contributed by atoms with Crippen LogP contribution in [0.2, 0.25) is 0 Å². The Balaban J connectivity index is 2.47. The van der Waals surface area contributed by atoms with Gasteiger partial charge in [-0.15, -0.1) is 0 Å². The molecule has 1 aromatic carbocycles. The van der Waals surface area contributed by atoms with Gasteiger partial charge >= 0.3 is 0 Å². The Morgan fingerprint density at radius 1 is 1.18 bits per heavy atom. The monoisotopic (exact) mass is 230 g/mol. The number of hydrogen-bond acceptors (Lipinski definition) is 2. The lowest BCUT2D eigenvalue weighted by atomic mass is 10.2. The molecule has 0 N–H and O–H groups in total. The summed E-state index contributed by atoms with van der Waals surface area (Å²) in [4.78, 5) is 0. The van der Waals surface area contributed by atoms with Crippen LogP contribution in [-0.4, -0.2) is 16.9 Å². The second kappa shape index (κ2) is 5.04. The van der Waals surface area contributed by atoms with E-state index in [1.165, 1.54) is 5.69 Å². The SMILES string of the molecule is CCc1cc(CC)n(-c2cccc(OC)c2)n1. The minimum Gasteiger partial charge on any atom is -0.497 e. The Hall–Kier alpha value is -1.77. The Bertz CT molecular complexity index is 503. The summed E-state index contributed by atoms with van der Waals surface area (Å²) < 4.78 is 7.24. The molecule has 0 fully saturated rings. The summed E-state index contributed by atoms with van der Waals surface area (Å²) in [5, 5.41) is 4.61. The van der Waals surface area contributed by atoms with Crippen molar-refractivity contribution in [2.24, 2.45) is 0 Å². The third-order valence-electron chi connectivity index (χ3n) is 2.86. The molecule has 90 valence electrons. The van der Waals surface area contributed by atoms with Gasteiger partial charge in [-0.05, 0) is 31.0 Å². The summed E-state index contributed by atoms with van der Waals surface area (Å²) in [7, 11) is 1.68. The number of benzene rings is 1. The van der Waals surface area contributed by atoms with Crippen LogP contribution in [0.5, 0.6) is 5.75 Å². The maximum Gasteiger partial charge on any atom is 0.121 e. The molecule has 0 saturated heterocycles. The standard InChI is InChI=1S/C14H18N2O/c1-4-11-9-12(5-2)16(15-11)13-7-6-8-14(10-13)17-3/h6-10H,4-5H2,1-3H3. The highest BCUT2D eigenvalue weighted by Gasteiger charge is 2.07. The van der Waals surface area contributed by atoms with Gasteiger partial charge in [0, 0.05) is 11.8 Å². The molecule has 3 heteroatoms. The van der Waals surface area contributed by atoms with Crippen LogP contribution in [-0.2, 0) is 12.8 Å². The van der Waals surface area contributed by atoms with Crippen LogP contribution in [0, 0.1) is 0 Å². The van der Waals surface area contributed by atoms with E-state index in [4.69, 9.17) is 4.74 Å². The van der Waals surface area contributed by atoms with Gasteiger partial charge in [-0.2, -0.15) is 5.10 Å². The molecule has 2 aromatic rings. The summed E-state index contributed by atoms with van der Waals surface area (Å²) in [5.74, 6) is 0.859. The average molecular weight is 230 g/mol. The van der Waals surface area contributed by atoms with Gasteiger partial charge in [0.15, 0.2) is 0 Å². The minimum absolute atomic E-state index is 0.859. The number of aryl methyl sites for hydroxylation is 2. The van der Waals surface area contributed by atoms with E-state index in [0.29, 0.717) is 0 Å². The molecular formula is C14H18N2O. The summed E-state index contributed by atoms with van der Waals surface area (Å²) in [6, 6.07) is 10.2. The predicted molar refractivity (Wildman–Crippen MR) is 68.9 cm³/mol. The predicted octanol–water partition coefficient (Wildman–Crippen LogP) is 3.01. The first kappa shape index (κ1) is 11.7. The molecule has 3 nitrogen and oxygen atoms in total. The first-order valence-corrected chi connectivity index (χ1v) is 6.00. The lowest BCUT2D eigenvalue weighted by Crippen LogP contribution is -2.01. The normalized spacial score (nSPS) is 10.5. The number of ether oxygens (including phenoxy) is 1. The number of rotatable bonds is 4. The second-order valence-corrected chi connectivity index (χ2v) is 3.95. The summed E-state index contributed by atoms with van der Waals surface area (Å²) in [5.41, 5.74) is 3.42. The third kappa shape index (κ3) is 2.33. The van der Waals surface area contributed by atoms with Crippen LogP contribution < -0.4 is 4.74 Å². The van der Waals surface area contributed by atoms with Gasteiger partial charge in [0.25, 0.3) is 0 Å². The maximum atomic E-state index is 5.24. The molecule has 1 aromatic heterocycles. The zero-order chi connectivity index (χ0) is 12.3. The van der Waals surface area contributed by atoms with Crippen molar-refractivity contribution in [3.8, 4) is 11.4 Å². The number of aromatic nitrogens is 2. The second-order valence-electron chi connectivity index (χ2n) is 3.95. The van der Waals surface area contributed by atoms with E-state index < -0.39 is 0 Å². The molecule has 0 aliphatic heterocycles. The molecule has 0 aliphatic rings. The van der Waals surface area contributed by atoms with Crippen molar-refractivity contribution in [3.05, 3.63) is 41.7 Å². The maximum absolute atomic E-state index is 5.24. The van der Waals surface area contributed by atoms with Gasteiger partial charge in [-0.3, -0.25) is 0 Å². The first-order valence-electron chi connectivity index (χ1n) is 6.00. The highest BCUT2D eigenvalue weighted by molar-refractivity contribution is 5.40. The zero-order valence-electron chi connectivity index (χ0n) is 10.6. The fourth-order valence-corrected chi connectivity index (χ4v) is 1.87. The molecule has 0 atom stereocenters. The number of hydrogen-bond donors (Lipinski definition) is 0. The van der Waals surface area contributed by atoms with E-state index >= 15 is 0 Å². The van der Waals surface area contributed by atoms with Gasteiger partial charge in [-0.25, -0.2) is 4.68 Å². The topological polar surface area (TPSA) is 27.1 Å². The van der Waals surface area contributed by atoms with E-state index in [9.17, 15) is 0 Å². The molecule has 17 heavy (non-hydrogen) atoms. The smallest absolute Gasteiger partial charge is 0.121 e. The van der Waals surface area contributed by atoms with Gasteiger partial charge in [-0.1, -0.05) is 19.9 Å². The summed E-state index contributed by atoms with van der Waals surface area (Å²) in [6.45, 7) is 4.27. The van der Waals surface area contributed by atoms with E-state index in [2.05, 4.69) is 25.0 Å². The van der Waals surface area contributed by atoms with Crippen LogP contribution in [0.4, 0.5) is 0 Å². The molecule has 0 aliphatic carbocycles. The van der Waals surface area contributed by atoms with Crippen molar-refractivity contribution in [1.29, 1.82) is 0 Å². The van der Waals surface area contributed by atoms with Crippen LogP contribution in [0.3, 0.4) is 0 Å². The van der Waals surface area contributed by atoms with Gasteiger partial charge < -0.3 is 4.74 Å². The molecule has 1 heterocycles. The quantitative estimate of drug-likeness (QED) is 0.807. The molecule has 0 radical (unpaired) electrons. The molecule has 2 rings (SSSR count). The first-order chi connectivity index (χ1) is 8.28. The van der Waals surface area contributed by atoms with Gasteiger partial charge in [0.2, 0.25) is 0 Å². The fraction of sp³-hybridized carbons (Fsp3) is 0.357. The van der Waals surface area contributed by atoms with Crippen molar-refractivity contribution in [2.45, 2.75) is 26.7 Å². The lowest BCUT2D eigenvalue weighted by Gasteiger charge is -2.07.